The van der Waals surface area contributed by atoms with Gasteiger partial charge in [-0.2, -0.15) is 0 Å². The molecule has 0 unspecified atom stereocenters. The summed E-state index contributed by atoms with van der Waals surface area (Å²) in [6, 6.07) is 10.5. The fraction of sp³-hybridized carbons (Fsp3) is 0.375. The molecule has 0 aliphatic rings. The van der Waals surface area contributed by atoms with Crippen molar-refractivity contribution >= 4 is 40.0 Å². The van der Waals surface area contributed by atoms with Gasteiger partial charge in [0.05, 0.1) is 0 Å². The number of halogens is 2. The van der Waals surface area contributed by atoms with Gasteiger partial charge in [0, 0.05) is 22.9 Å². The summed E-state index contributed by atoms with van der Waals surface area (Å²) in [4.78, 5) is 10.6. The maximum Gasteiger partial charge on any atom is 0.224 e. The first-order chi connectivity index (χ1) is 9.83. The zero-order valence-corrected chi connectivity index (χ0v) is 15.4. The molecule has 1 aromatic carbocycles. The topological polar surface area (TPSA) is 29.0 Å². The second-order valence-electron chi connectivity index (χ2n) is 6.23. The van der Waals surface area contributed by atoms with Crippen LogP contribution in [0.5, 0.6) is 0 Å². The van der Waals surface area contributed by atoms with Crippen LogP contribution in [0.3, 0.4) is 0 Å². The average molecular weight is 416 g/mol. The van der Waals surface area contributed by atoms with Gasteiger partial charge in [0.15, 0.2) is 0 Å². The Kier molecular flexibility index (Phi) is 5.43. The molecule has 0 amide bonds. The van der Waals surface area contributed by atoms with Crippen molar-refractivity contribution < 1.29 is 0 Å². The predicted molar refractivity (Wildman–Crippen MR) is 96.7 cm³/mol. The van der Waals surface area contributed by atoms with Gasteiger partial charge >= 0.3 is 0 Å². The van der Waals surface area contributed by atoms with Crippen molar-refractivity contribution in [2.24, 2.45) is 5.41 Å². The van der Waals surface area contributed by atoms with E-state index in [-0.39, 0.29) is 10.7 Å². The summed E-state index contributed by atoms with van der Waals surface area (Å²) >= 11 is 8.25. The Morgan fingerprint density at radius 2 is 1.81 bits per heavy atom. The van der Waals surface area contributed by atoms with E-state index in [2.05, 4.69) is 82.5 Å². The largest absolute Gasteiger partial charge is 0.352 e. The number of hydrogen-bond donors (Lipinski definition) is 0. The molecule has 5 heteroatoms. The van der Waals surface area contributed by atoms with Crippen LogP contribution in [0.2, 0.25) is 5.28 Å². The standard InChI is InChI=1S/C16H19ClIN3/c1-16(2,3)11-21(14-8-9-19-15(17)20-14)10-12-4-6-13(18)7-5-12/h4-9H,10-11H2,1-3H3. The van der Waals surface area contributed by atoms with Crippen LogP contribution in [0.15, 0.2) is 36.5 Å². The number of hydrogen-bond acceptors (Lipinski definition) is 3. The number of nitrogens with zero attached hydrogens (tertiary/aromatic N) is 3. The Balaban J connectivity index is 2.25. The highest BCUT2D eigenvalue weighted by Gasteiger charge is 2.18. The SMILES string of the molecule is CC(C)(C)CN(Cc1ccc(I)cc1)c1ccnc(Cl)n1. The monoisotopic (exact) mass is 415 g/mol. The molecule has 2 aromatic rings. The number of aromatic nitrogens is 2. The van der Waals surface area contributed by atoms with Gasteiger partial charge in [-0.25, -0.2) is 9.97 Å². The lowest BCUT2D eigenvalue weighted by Crippen LogP contribution is -2.33. The summed E-state index contributed by atoms with van der Waals surface area (Å²) in [5, 5.41) is 0.286. The first kappa shape index (κ1) is 16.5. The molecule has 0 radical (unpaired) electrons. The minimum Gasteiger partial charge on any atom is -0.352 e. The van der Waals surface area contributed by atoms with Crippen molar-refractivity contribution in [1.82, 2.24) is 9.97 Å². The van der Waals surface area contributed by atoms with Gasteiger partial charge in [-0.05, 0) is 63.4 Å². The molecule has 3 nitrogen and oxygen atoms in total. The van der Waals surface area contributed by atoms with E-state index in [0.717, 1.165) is 18.9 Å². The van der Waals surface area contributed by atoms with E-state index >= 15 is 0 Å². The first-order valence-electron chi connectivity index (χ1n) is 6.81. The van der Waals surface area contributed by atoms with Crippen LogP contribution in [-0.4, -0.2) is 16.5 Å². The summed E-state index contributed by atoms with van der Waals surface area (Å²) in [7, 11) is 0. The molecule has 0 aliphatic carbocycles. The zero-order valence-electron chi connectivity index (χ0n) is 12.5. The van der Waals surface area contributed by atoms with Crippen molar-refractivity contribution in [3.8, 4) is 0 Å². The Labute approximate surface area is 144 Å². The van der Waals surface area contributed by atoms with Gasteiger partial charge in [0.25, 0.3) is 0 Å². The van der Waals surface area contributed by atoms with Gasteiger partial charge in [-0.1, -0.05) is 32.9 Å². The molecule has 0 spiro atoms. The molecule has 0 saturated heterocycles. The summed E-state index contributed by atoms with van der Waals surface area (Å²) in [6.45, 7) is 8.36. The molecule has 0 bridgehead atoms. The van der Waals surface area contributed by atoms with E-state index in [9.17, 15) is 0 Å². The smallest absolute Gasteiger partial charge is 0.224 e. The second-order valence-corrected chi connectivity index (χ2v) is 7.81. The molecule has 0 N–H and O–H groups in total. The van der Waals surface area contributed by atoms with Crippen molar-refractivity contribution in [3.63, 3.8) is 0 Å². The van der Waals surface area contributed by atoms with Crippen LogP contribution in [-0.2, 0) is 6.54 Å². The molecule has 1 heterocycles. The highest BCUT2D eigenvalue weighted by atomic mass is 127. The zero-order chi connectivity index (χ0) is 15.5. The lowest BCUT2D eigenvalue weighted by atomic mass is 9.96. The molecule has 0 aliphatic heterocycles. The molecule has 0 saturated carbocycles. The molecule has 1 aromatic heterocycles. The molecule has 21 heavy (non-hydrogen) atoms. The highest BCUT2D eigenvalue weighted by Crippen LogP contribution is 2.23. The van der Waals surface area contributed by atoms with Crippen LogP contribution >= 0.6 is 34.2 Å². The third kappa shape index (κ3) is 5.43. The molecule has 0 atom stereocenters. The van der Waals surface area contributed by atoms with E-state index in [1.807, 2.05) is 6.07 Å². The lowest BCUT2D eigenvalue weighted by molar-refractivity contribution is 0.407. The van der Waals surface area contributed by atoms with Crippen molar-refractivity contribution in [1.29, 1.82) is 0 Å². The van der Waals surface area contributed by atoms with Gasteiger partial charge < -0.3 is 4.90 Å². The van der Waals surface area contributed by atoms with Crippen LogP contribution in [0.1, 0.15) is 26.3 Å². The number of rotatable bonds is 4. The van der Waals surface area contributed by atoms with E-state index < -0.39 is 0 Å². The summed E-state index contributed by atoms with van der Waals surface area (Å²) in [6.07, 6.45) is 1.70. The Hall–Kier alpha value is -0.880. The summed E-state index contributed by atoms with van der Waals surface area (Å²) < 4.78 is 1.24. The van der Waals surface area contributed by atoms with Crippen LogP contribution in [0, 0.1) is 8.99 Å². The quantitative estimate of drug-likeness (QED) is 0.531. The van der Waals surface area contributed by atoms with E-state index in [4.69, 9.17) is 11.6 Å². The Bertz CT molecular complexity index is 593. The minimum atomic E-state index is 0.167. The van der Waals surface area contributed by atoms with Gasteiger partial charge in [-0.15, -0.1) is 0 Å². The maximum atomic E-state index is 5.93. The Morgan fingerprint density at radius 3 is 2.38 bits per heavy atom. The van der Waals surface area contributed by atoms with Gasteiger partial charge in [-0.3, -0.25) is 0 Å². The van der Waals surface area contributed by atoms with Gasteiger partial charge in [0.1, 0.15) is 5.82 Å². The van der Waals surface area contributed by atoms with E-state index in [0.29, 0.717) is 0 Å². The number of anilines is 1. The Morgan fingerprint density at radius 1 is 1.14 bits per heavy atom. The van der Waals surface area contributed by atoms with Crippen molar-refractivity contribution in [3.05, 3.63) is 50.9 Å². The summed E-state index contributed by atoms with van der Waals surface area (Å²) in [5.74, 6) is 0.864. The van der Waals surface area contributed by atoms with Crippen LogP contribution < -0.4 is 4.90 Å². The molecule has 2 rings (SSSR count). The van der Waals surface area contributed by atoms with E-state index in [1.165, 1.54) is 9.13 Å². The van der Waals surface area contributed by atoms with Crippen molar-refractivity contribution in [2.45, 2.75) is 27.3 Å². The molecule has 0 fully saturated rings. The highest BCUT2D eigenvalue weighted by molar-refractivity contribution is 14.1. The molecular formula is C16H19ClIN3. The molecular weight excluding hydrogens is 397 g/mol. The first-order valence-corrected chi connectivity index (χ1v) is 8.27. The van der Waals surface area contributed by atoms with Crippen LogP contribution in [0.4, 0.5) is 5.82 Å². The normalized spacial score (nSPS) is 11.5. The minimum absolute atomic E-state index is 0.167. The lowest BCUT2D eigenvalue weighted by Gasteiger charge is -2.31. The fourth-order valence-corrected chi connectivity index (χ4v) is 2.61. The molecule has 112 valence electrons. The number of benzene rings is 1. The van der Waals surface area contributed by atoms with Crippen LogP contribution in [0.25, 0.3) is 0 Å². The maximum absolute atomic E-state index is 5.93. The average Bonchev–Trinajstić information content (AvgIpc) is 2.39. The predicted octanol–water partition coefficient (Wildman–Crippen LogP) is 4.79. The van der Waals surface area contributed by atoms with Crippen molar-refractivity contribution in [2.75, 3.05) is 11.4 Å². The third-order valence-electron chi connectivity index (χ3n) is 2.89. The second kappa shape index (κ2) is 6.92. The third-order valence-corrected chi connectivity index (χ3v) is 3.79. The van der Waals surface area contributed by atoms with E-state index in [1.54, 1.807) is 6.20 Å². The fourth-order valence-electron chi connectivity index (χ4n) is 2.10. The summed E-state index contributed by atoms with van der Waals surface area (Å²) in [5.41, 5.74) is 1.43. The van der Waals surface area contributed by atoms with Gasteiger partial charge in [0.2, 0.25) is 5.28 Å².